The molecule has 0 atom stereocenters. The fourth-order valence-electron chi connectivity index (χ4n) is 10.6. The van der Waals surface area contributed by atoms with Gasteiger partial charge in [-0.1, -0.05) is 103 Å². The zero-order chi connectivity index (χ0) is 35.3. The summed E-state index contributed by atoms with van der Waals surface area (Å²) in [7, 11) is 0. The van der Waals surface area contributed by atoms with Crippen molar-refractivity contribution in [3.8, 4) is 34.4 Å². The predicted octanol–water partition coefficient (Wildman–Crippen LogP) is 11.2. The van der Waals surface area contributed by atoms with Crippen molar-refractivity contribution in [2.24, 2.45) is 11.8 Å². The lowest BCUT2D eigenvalue weighted by molar-refractivity contribution is 0.0900. The largest absolute Gasteiger partial charge is 0.366 e. The molecule has 4 bridgehead atoms. The molecule has 2 saturated carbocycles. The van der Waals surface area contributed by atoms with E-state index >= 15 is 0 Å². The first kappa shape index (κ1) is 30.2. The van der Waals surface area contributed by atoms with Crippen molar-refractivity contribution >= 4 is 49.3 Å². The molecule has 4 fully saturated rings. The zero-order valence-corrected chi connectivity index (χ0v) is 29.9. The Hall–Kier alpha value is -6.27. The fourth-order valence-corrected chi connectivity index (χ4v) is 10.6. The number of para-hydroxylation sites is 2. The molecule has 13 rings (SSSR count). The highest BCUT2D eigenvalue weighted by atomic mass is 15.3. The highest BCUT2D eigenvalue weighted by Crippen LogP contribution is 2.51. The van der Waals surface area contributed by atoms with Crippen molar-refractivity contribution in [2.45, 2.75) is 44.2 Å². The summed E-state index contributed by atoms with van der Waals surface area (Å²) in [6.07, 6.45) is 6.84. The molecular formula is C48H38N6. The number of benzene rings is 6. The summed E-state index contributed by atoms with van der Waals surface area (Å²) < 4.78 is 4.46. The van der Waals surface area contributed by atoms with Crippen LogP contribution in [-0.2, 0) is 0 Å². The molecule has 260 valence electrons. The van der Waals surface area contributed by atoms with Gasteiger partial charge in [-0.2, -0.15) is 15.0 Å². The highest BCUT2D eigenvalue weighted by molar-refractivity contribution is 6.11. The number of anilines is 1. The molecule has 6 aromatic carbocycles. The van der Waals surface area contributed by atoms with Crippen LogP contribution in [0.15, 0.2) is 146 Å². The second kappa shape index (κ2) is 11.6. The van der Waals surface area contributed by atoms with Crippen molar-refractivity contribution in [2.75, 3.05) is 4.90 Å². The first-order chi connectivity index (χ1) is 26.7. The minimum absolute atomic E-state index is 0.597. The molecule has 3 aromatic heterocycles. The van der Waals surface area contributed by atoms with Crippen LogP contribution in [-0.4, -0.2) is 36.2 Å². The van der Waals surface area contributed by atoms with E-state index in [0.29, 0.717) is 29.8 Å². The molecule has 54 heavy (non-hydrogen) atoms. The smallest absolute Gasteiger partial charge is 0.240 e. The van der Waals surface area contributed by atoms with Crippen LogP contribution >= 0.6 is 0 Å². The van der Waals surface area contributed by atoms with Gasteiger partial charge in [-0.05, 0) is 97.5 Å². The Morgan fingerprint density at radius 2 is 0.889 bits per heavy atom. The van der Waals surface area contributed by atoms with Crippen LogP contribution in [0.1, 0.15) is 32.1 Å². The number of hydrogen-bond acceptors (Lipinski definition) is 4. The normalized spacial score (nSPS) is 20.6. The third-order valence-electron chi connectivity index (χ3n) is 12.7. The Labute approximate surface area is 313 Å². The zero-order valence-electron chi connectivity index (χ0n) is 29.9. The summed E-state index contributed by atoms with van der Waals surface area (Å²) in [5.74, 6) is 3.70. The molecular weight excluding hydrogens is 661 g/mol. The minimum atomic E-state index is 0.597. The SMILES string of the molecule is c1ccc(-c2ccc3c(c2)c2ccccc2n3-c2nc(-c3ccccc3)nc(-n3c4ccccc4c4cc(N5C6CC7CC(C6)CC5C7)ccc43)n2)cc1. The second-order valence-corrected chi connectivity index (χ2v) is 15.8. The second-order valence-electron chi connectivity index (χ2n) is 15.8. The molecule has 2 aliphatic carbocycles. The molecule has 5 heterocycles. The summed E-state index contributed by atoms with van der Waals surface area (Å²) in [4.78, 5) is 18.7. The van der Waals surface area contributed by atoms with Crippen molar-refractivity contribution in [1.29, 1.82) is 0 Å². The third-order valence-corrected chi connectivity index (χ3v) is 12.7. The van der Waals surface area contributed by atoms with Gasteiger partial charge in [-0.25, -0.2) is 0 Å². The fraction of sp³-hybridized carbons (Fsp3) is 0.188. The molecule has 0 unspecified atom stereocenters. The molecule has 0 amide bonds. The van der Waals surface area contributed by atoms with Gasteiger partial charge in [0.25, 0.3) is 0 Å². The minimum Gasteiger partial charge on any atom is -0.366 e. The monoisotopic (exact) mass is 698 g/mol. The number of hydrogen-bond donors (Lipinski definition) is 0. The lowest BCUT2D eigenvalue weighted by atomic mass is 9.63. The van der Waals surface area contributed by atoms with Gasteiger partial charge in [0, 0.05) is 44.9 Å². The van der Waals surface area contributed by atoms with E-state index in [1.807, 2.05) is 18.2 Å². The van der Waals surface area contributed by atoms with Crippen molar-refractivity contribution < 1.29 is 0 Å². The van der Waals surface area contributed by atoms with Gasteiger partial charge in [0.1, 0.15) is 0 Å². The van der Waals surface area contributed by atoms with Crippen LogP contribution in [0.2, 0.25) is 0 Å². The van der Waals surface area contributed by atoms with Gasteiger partial charge < -0.3 is 4.90 Å². The van der Waals surface area contributed by atoms with E-state index < -0.39 is 0 Å². The van der Waals surface area contributed by atoms with Crippen molar-refractivity contribution in [3.05, 3.63) is 146 Å². The standard InChI is InChI=1S/C48H38N6/c1-3-11-32(12-4-1)34-19-21-44-40(28-34)38-15-7-9-17-42(38)53(44)47-49-46(33-13-5-2-6-14-33)50-48(51-47)54-43-18-10-8-16-39(43)41-29-35(20-22-45(41)54)52-36-24-30-23-31(26-36)27-37(52)25-30/h1-22,28-31,36-37H,23-27H2. The predicted molar refractivity (Wildman–Crippen MR) is 219 cm³/mol. The maximum atomic E-state index is 5.39. The van der Waals surface area contributed by atoms with Crippen LogP contribution in [0.3, 0.4) is 0 Å². The summed E-state index contributed by atoms with van der Waals surface area (Å²) in [6.45, 7) is 0. The van der Waals surface area contributed by atoms with Crippen molar-refractivity contribution in [1.82, 2.24) is 24.1 Å². The van der Waals surface area contributed by atoms with Crippen molar-refractivity contribution in [3.63, 3.8) is 0 Å². The molecule has 0 spiro atoms. The Kier molecular flexibility index (Phi) is 6.50. The summed E-state index contributed by atoms with van der Waals surface area (Å²) >= 11 is 0. The maximum absolute atomic E-state index is 5.39. The average molecular weight is 699 g/mol. The summed E-state index contributed by atoms with van der Waals surface area (Å²) in [6, 6.07) is 53.4. The summed E-state index contributed by atoms with van der Waals surface area (Å²) in [5.41, 5.74) is 9.01. The average Bonchev–Trinajstić information content (AvgIpc) is 3.73. The van der Waals surface area contributed by atoms with Crippen LogP contribution in [0.4, 0.5) is 5.69 Å². The van der Waals surface area contributed by atoms with Gasteiger partial charge in [-0.15, -0.1) is 0 Å². The Balaban J connectivity index is 1.08. The van der Waals surface area contributed by atoms with Gasteiger partial charge in [0.2, 0.25) is 11.9 Å². The Morgan fingerprint density at radius 3 is 1.50 bits per heavy atom. The van der Waals surface area contributed by atoms with Gasteiger partial charge in [0.15, 0.2) is 5.82 Å². The number of fused-ring (bicyclic) bond motifs is 6. The number of rotatable bonds is 5. The van der Waals surface area contributed by atoms with E-state index in [-0.39, 0.29) is 0 Å². The first-order valence-corrected chi connectivity index (χ1v) is 19.5. The van der Waals surface area contributed by atoms with Crippen LogP contribution in [0.25, 0.3) is 78.0 Å². The summed E-state index contributed by atoms with van der Waals surface area (Å²) in [5, 5.41) is 4.79. The van der Waals surface area contributed by atoms with Gasteiger partial charge in [0.05, 0.1) is 22.1 Å². The lowest BCUT2D eigenvalue weighted by Crippen LogP contribution is -2.58. The molecule has 2 saturated heterocycles. The first-order valence-electron chi connectivity index (χ1n) is 19.5. The topological polar surface area (TPSA) is 51.8 Å². The van der Waals surface area contributed by atoms with Gasteiger partial charge in [-0.3, -0.25) is 9.13 Å². The highest BCUT2D eigenvalue weighted by Gasteiger charge is 2.47. The van der Waals surface area contributed by atoms with E-state index in [9.17, 15) is 0 Å². The molecule has 0 radical (unpaired) electrons. The molecule has 6 heteroatoms. The van der Waals surface area contributed by atoms with Crippen LogP contribution in [0.5, 0.6) is 0 Å². The Bertz CT molecular complexity index is 2880. The quantitative estimate of drug-likeness (QED) is 0.180. The molecule has 0 N–H and O–H groups in total. The molecule has 2 aliphatic heterocycles. The number of piperidine rings is 2. The molecule has 4 aliphatic rings. The van der Waals surface area contributed by atoms with Crippen LogP contribution < -0.4 is 4.90 Å². The third kappa shape index (κ3) is 4.55. The molecule has 9 aromatic rings. The van der Waals surface area contributed by atoms with E-state index in [1.165, 1.54) is 65.1 Å². The Morgan fingerprint density at radius 1 is 0.389 bits per heavy atom. The van der Waals surface area contributed by atoms with E-state index in [1.54, 1.807) is 0 Å². The molecule has 6 nitrogen and oxygen atoms in total. The number of aromatic nitrogens is 5. The maximum Gasteiger partial charge on any atom is 0.240 e. The van der Waals surface area contributed by atoms with Crippen LogP contribution in [0, 0.1) is 11.8 Å². The van der Waals surface area contributed by atoms with Gasteiger partial charge >= 0.3 is 0 Å². The van der Waals surface area contributed by atoms with E-state index in [2.05, 4.69) is 141 Å². The lowest BCUT2D eigenvalue weighted by Gasteiger charge is -2.57. The number of nitrogens with zero attached hydrogens (tertiary/aromatic N) is 6. The van der Waals surface area contributed by atoms with E-state index in [0.717, 1.165) is 44.9 Å². The van der Waals surface area contributed by atoms with E-state index in [4.69, 9.17) is 15.0 Å².